The highest BCUT2D eigenvalue weighted by Gasteiger charge is 2.39. The maximum absolute atomic E-state index is 13.9. The molecule has 0 unspecified atom stereocenters. The molecular weight excluding hydrogens is 632 g/mol. The zero-order valence-electron chi connectivity index (χ0n) is 27.9. The van der Waals surface area contributed by atoms with E-state index in [2.05, 4.69) is 16.0 Å². The summed E-state index contributed by atoms with van der Waals surface area (Å²) < 4.78 is 10.8. The minimum absolute atomic E-state index is 0.149. The minimum Gasteiger partial charge on any atom is -0.484 e. The summed E-state index contributed by atoms with van der Waals surface area (Å²) in [6.07, 6.45) is 0.907. The quantitative estimate of drug-likeness (QED) is 0.424. The third-order valence-corrected chi connectivity index (χ3v) is 8.97. The Morgan fingerprint density at radius 2 is 1.55 bits per heavy atom. The van der Waals surface area contributed by atoms with E-state index in [4.69, 9.17) is 9.47 Å². The first-order valence-corrected chi connectivity index (χ1v) is 16.8. The Hall–Kier alpha value is -5.14. The van der Waals surface area contributed by atoms with Gasteiger partial charge < -0.3 is 40.1 Å². The van der Waals surface area contributed by atoms with Crippen LogP contribution in [0.2, 0.25) is 0 Å². The van der Waals surface area contributed by atoms with Crippen molar-refractivity contribution in [1.82, 2.24) is 30.7 Å². The summed E-state index contributed by atoms with van der Waals surface area (Å²) in [6, 6.07) is 12.4. The highest BCUT2D eigenvalue weighted by Crippen LogP contribution is 2.21. The molecule has 14 nitrogen and oxygen atoms in total. The van der Waals surface area contributed by atoms with Crippen molar-refractivity contribution < 1.29 is 38.2 Å². The summed E-state index contributed by atoms with van der Waals surface area (Å²) in [5.74, 6) is -1.85. The van der Waals surface area contributed by atoms with Crippen LogP contribution in [0, 0.1) is 0 Å². The molecule has 2 aromatic carbocycles. The number of hydrogen-bond acceptors (Lipinski definition) is 8. The average molecular weight is 677 g/mol. The molecule has 0 saturated carbocycles. The summed E-state index contributed by atoms with van der Waals surface area (Å²) >= 11 is 0. The van der Waals surface area contributed by atoms with Crippen LogP contribution < -0.4 is 20.7 Å². The number of amides is 6. The summed E-state index contributed by atoms with van der Waals surface area (Å²) in [5.41, 5.74) is 1.57. The molecule has 0 aromatic heterocycles. The van der Waals surface area contributed by atoms with E-state index in [1.54, 1.807) is 36.1 Å². The molecule has 6 rings (SSSR count). The van der Waals surface area contributed by atoms with Crippen molar-refractivity contribution in [3.05, 3.63) is 65.7 Å². The molecule has 0 radical (unpaired) electrons. The SMILES string of the molecule is CCOC(=O)N1CCN(C(=O)[C@@H]2Cc3ccc(cc3)OCC(=O)N[C@H](Cc3ccccc3)C(=O)N3CCC[C@@H]3C(=O)N[C@@H](C)C(=O)N2)CC1. The molecule has 4 aliphatic heterocycles. The van der Waals surface area contributed by atoms with Gasteiger partial charge in [0, 0.05) is 45.6 Å². The molecular formula is C35H44N6O8. The lowest BCUT2D eigenvalue weighted by molar-refractivity contribution is -0.142. The van der Waals surface area contributed by atoms with Crippen molar-refractivity contribution >= 4 is 35.6 Å². The van der Waals surface area contributed by atoms with Crippen LogP contribution in [0.5, 0.6) is 5.75 Å². The Kier molecular flexibility index (Phi) is 11.7. The van der Waals surface area contributed by atoms with Crippen LogP contribution in [-0.2, 0) is 41.6 Å². The number of rotatable bonds is 4. The molecule has 2 saturated heterocycles. The van der Waals surface area contributed by atoms with Crippen LogP contribution >= 0.6 is 0 Å². The molecule has 4 aliphatic rings. The third kappa shape index (κ3) is 9.06. The number of fused-ring (bicyclic) bond motifs is 13. The highest BCUT2D eigenvalue weighted by atomic mass is 16.6. The molecule has 0 spiro atoms. The number of piperazine rings is 1. The molecule has 2 aromatic rings. The van der Waals surface area contributed by atoms with Gasteiger partial charge in [0.25, 0.3) is 5.91 Å². The minimum atomic E-state index is -1.02. The lowest BCUT2D eigenvalue weighted by Crippen LogP contribution is -2.59. The number of hydrogen-bond donors (Lipinski definition) is 3. The molecule has 2 bridgehead atoms. The van der Waals surface area contributed by atoms with E-state index in [1.807, 2.05) is 30.3 Å². The van der Waals surface area contributed by atoms with Crippen LogP contribution in [0.25, 0.3) is 0 Å². The first-order valence-electron chi connectivity index (χ1n) is 16.8. The van der Waals surface area contributed by atoms with E-state index < -0.39 is 53.9 Å². The Bertz CT molecular complexity index is 1510. The molecule has 262 valence electrons. The molecule has 0 aliphatic carbocycles. The Morgan fingerprint density at radius 1 is 0.857 bits per heavy atom. The number of ether oxygens (including phenoxy) is 2. The van der Waals surface area contributed by atoms with Gasteiger partial charge in [-0.2, -0.15) is 0 Å². The Balaban J connectivity index is 1.36. The number of nitrogens with one attached hydrogen (secondary N) is 3. The van der Waals surface area contributed by atoms with Crippen molar-refractivity contribution in [1.29, 1.82) is 0 Å². The monoisotopic (exact) mass is 676 g/mol. The van der Waals surface area contributed by atoms with Crippen LogP contribution in [0.3, 0.4) is 0 Å². The van der Waals surface area contributed by atoms with Crippen molar-refractivity contribution in [2.75, 3.05) is 45.9 Å². The number of nitrogens with zero attached hydrogens (tertiary/aromatic N) is 3. The number of carbonyl (C=O) groups excluding carboxylic acids is 6. The molecule has 6 amide bonds. The molecule has 14 heteroatoms. The lowest BCUT2D eigenvalue weighted by Gasteiger charge is -2.36. The standard InChI is InChI=1S/C35H44N6O8/c1-3-48-35(47)40-18-16-39(17-19-40)33(45)27-21-25-11-13-26(14-12-25)49-22-30(42)37-28(20-24-8-5-4-6-9-24)34(46)41-15-7-10-29(41)32(44)36-23(2)31(43)38-27/h4-6,8-9,11-14,23,27-29H,3,7,10,15-22H2,1-2H3,(H,36,44)(H,37,42)(H,38,43)/t23-,27-,28+,29+/m0/s1. The van der Waals surface area contributed by atoms with Crippen molar-refractivity contribution in [3.8, 4) is 5.75 Å². The number of benzene rings is 2. The molecule has 49 heavy (non-hydrogen) atoms. The summed E-state index contributed by atoms with van der Waals surface area (Å²) in [7, 11) is 0. The maximum Gasteiger partial charge on any atom is 0.409 e. The van der Waals surface area contributed by atoms with Crippen molar-refractivity contribution in [2.45, 2.75) is 63.7 Å². The smallest absolute Gasteiger partial charge is 0.409 e. The lowest BCUT2D eigenvalue weighted by atomic mass is 10.0. The van der Waals surface area contributed by atoms with Gasteiger partial charge in [-0.25, -0.2) is 4.79 Å². The van der Waals surface area contributed by atoms with Gasteiger partial charge in [0.2, 0.25) is 23.6 Å². The normalized spacial score (nSPS) is 24.0. The summed E-state index contributed by atoms with van der Waals surface area (Å²) in [5, 5.41) is 8.38. The molecule has 4 atom stereocenters. The Morgan fingerprint density at radius 3 is 2.24 bits per heavy atom. The second-order valence-corrected chi connectivity index (χ2v) is 12.4. The first kappa shape index (κ1) is 35.2. The summed E-state index contributed by atoms with van der Waals surface area (Å²) in [4.78, 5) is 84.6. The van der Waals surface area contributed by atoms with E-state index in [0.717, 1.165) is 11.1 Å². The Labute approximate surface area is 285 Å². The van der Waals surface area contributed by atoms with Gasteiger partial charge in [-0.05, 0) is 49.9 Å². The number of carbonyl (C=O) groups is 6. The van der Waals surface area contributed by atoms with E-state index >= 15 is 0 Å². The first-order chi connectivity index (χ1) is 23.6. The second kappa shape index (κ2) is 16.3. The van der Waals surface area contributed by atoms with E-state index in [-0.39, 0.29) is 45.1 Å². The zero-order chi connectivity index (χ0) is 34.9. The van der Waals surface area contributed by atoms with E-state index in [1.165, 1.54) is 16.7 Å². The average Bonchev–Trinajstić information content (AvgIpc) is 3.61. The van der Waals surface area contributed by atoms with Crippen molar-refractivity contribution in [2.24, 2.45) is 0 Å². The fourth-order valence-electron chi connectivity index (χ4n) is 6.31. The van der Waals surface area contributed by atoms with Crippen LogP contribution in [0.1, 0.15) is 37.8 Å². The van der Waals surface area contributed by atoms with Gasteiger partial charge in [0.1, 0.15) is 29.9 Å². The zero-order valence-corrected chi connectivity index (χ0v) is 27.9. The van der Waals surface area contributed by atoms with Gasteiger partial charge in [-0.15, -0.1) is 0 Å². The molecule has 2 fully saturated rings. The topological polar surface area (TPSA) is 167 Å². The maximum atomic E-state index is 13.9. The predicted octanol–water partition coefficient (Wildman–Crippen LogP) is 0.630. The van der Waals surface area contributed by atoms with Gasteiger partial charge in [-0.1, -0.05) is 42.5 Å². The van der Waals surface area contributed by atoms with E-state index in [9.17, 15) is 28.8 Å². The van der Waals surface area contributed by atoms with Crippen LogP contribution in [0.4, 0.5) is 4.79 Å². The van der Waals surface area contributed by atoms with Gasteiger partial charge >= 0.3 is 6.09 Å². The van der Waals surface area contributed by atoms with E-state index in [0.29, 0.717) is 38.2 Å². The summed E-state index contributed by atoms with van der Waals surface area (Å²) in [6.45, 7) is 4.61. The molecule has 3 N–H and O–H groups in total. The van der Waals surface area contributed by atoms with Gasteiger partial charge in [-0.3, -0.25) is 24.0 Å². The second-order valence-electron chi connectivity index (χ2n) is 12.4. The van der Waals surface area contributed by atoms with Crippen molar-refractivity contribution in [3.63, 3.8) is 0 Å². The predicted molar refractivity (Wildman–Crippen MR) is 177 cm³/mol. The van der Waals surface area contributed by atoms with Crippen LogP contribution in [0.15, 0.2) is 54.6 Å². The largest absolute Gasteiger partial charge is 0.484 e. The van der Waals surface area contributed by atoms with Gasteiger partial charge in [0.15, 0.2) is 6.61 Å². The molecule has 4 heterocycles. The van der Waals surface area contributed by atoms with Gasteiger partial charge in [0.05, 0.1) is 6.61 Å². The highest BCUT2D eigenvalue weighted by molar-refractivity contribution is 5.96. The van der Waals surface area contributed by atoms with Crippen LogP contribution in [-0.4, -0.2) is 120 Å². The third-order valence-electron chi connectivity index (χ3n) is 8.97. The fraction of sp³-hybridized carbons (Fsp3) is 0.486. The fourth-order valence-corrected chi connectivity index (χ4v) is 6.31.